The number of rotatable bonds is 5. The van der Waals surface area contributed by atoms with Crippen molar-refractivity contribution in [3.63, 3.8) is 0 Å². The Hall–Kier alpha value is -1.87. The lowest BCUT2D eigenvalue weighted by Gasteiger charge is -2.34. The molecule has 9 heteroatoms. The van der Waals surface area contributed by atoms with Gasteiger partial charge in [-0.05, 0) is 30.9 Å². The monoisotopic (exact) mass is 369 g/mol. The Kier molecular flexibility index (Phi) is 5.14. The van der Waals surface area contributed by atoms with Crippen LogP contribution in [0.3, 0.4) is 0 Å². The van der Waals surface area contributed by atoms with Crippen LogP contribution in [0, 0.1) is 5.92 Å². The van der Waals surface area contributed by atoms with Gasteiger partial charge in [0.15, 0.2) is 5.76 Å². The minimum Gasteiger partial charge on any atom is -0.438 e. The van der Waals surface area contributed by atoms with E-state index < -0.39 is 15.9 Å². The molecule has 1 aliphatic carbocycles. The van der Waals surface area contributed by atoms with Crippen molar-refractivity contribution in [2.45, 2.75) is 37.2 Å². The van der Waals surface area contributed by atoms with Gasteiger partial charge >= 0.3 is 0 Å². The van der Waals surface area contributed by atoms with Crippen molar-refractivity contribution in [1.29, 1.82) is 0 Å². The van der Waals surface area contributed by atoms with E-state index in [1.165, 1.54) is 29.3 Å². The first-order valence-electron chi connectivity index (χ1n) is 8.55. The van der Waals surface area contributed by atoms with Crippen molar-refractivity contribution in [2.24, 2.45) is 11.7 Å². The largest absolute Gasteiger partial charge is 0.438 e. The molecule has 2 aliphatic rings. The molecular formula is C16H23N3O5S. The fourth-order valence-corrected chi connectivity index (χ4v) is 4.82. The van der Waals surface area contributed by atoms with Crippen molar-refractivity contribution < 1.29 is 22.4 Å². The fraction of sp³-hybridized carbons (Fsp3) is 0.625. The molecule has 0 unspecified atom stereocenters. The van der Waals surface area contributed by atoms with E-state index in [9.17, 15) is 18.0 Å². The van der Waals surface area contributed by atoms with Gasteiger partial charge in [-0.15, -0.1) is 0 Å². The van der Waals surface area contributed by atoms with Crippen molar-refractivity contribution >= 4 is 21.8 Å². The second-order valence-corrected chi connectivity index (χ2v) is 8.49. The summed E-state index contributed by atoms with van der Waals surface area (Å²) in [5.41, 5.74) is 5.08. The molecule has 1 aromatic rings. The maximum Gasteiger partial charge on any atom is 0.284 e. The molecule has 3 rings (SSSR count). The van der Waals surface area contributed by atoms with Crippen LogP contribution in [0.1, 0.15) is 42.7 Å². The molecule has 0 bridgehead atoms. The van der Waals surface area contributed by atoms with Crippen LogP contribution in [-0.2, 0) is 14.8 Å². The lowest BCUT2D eigenvalue weighted by molar-refractivity contribution is -0.133. The highest BCUT2D eigenvalue weighted by molar-refractivity contribution is 7.89. The van der Waals surface area contributed by atoms with Gasteiger partial charge in [0.2, 0.25) is 11.0 Å². The molecule has 2 fully saturated rings. The third kappa shape index (κ3) is 3.87. The van der Waals surface area contributed by atoms with Crippen LogP contribution in [-0.4, -0.2) is 55.6 Å². The first-order chi connectivity index (χ1) is 11.9. The predicted octanol–water partition coefficient (Wildman–Crippen LogP) is 0.792. The molecule has 0 aromatic carbocycles. The molecule has 8 nitrogen and oxygen atoms in total. The van der Waals surface area contributed by atoms with Gasteiger partial charge in [-0.3, -0.25) is 9.59 Å². The summed E-state index contributed by atoms with van der Waals surface area (Å²) in [5.74, 6) is -0.421. The maximum atomic E-state index is 12.6. The van der Waals surface area contributed by atoms with Gasteiger partial charge in [0, 0.05) is 32.6 Å². The molecule has 2 amide bonds. The van der Waals surface area contributed by atoms with Crippen LogP contribution in [0.2, 0.25) is 0 Å². The summed E-state index contributed by atoms with van der Waals surface area (Å²) in [6, 6.07) is 2.48. The summed E-state index contributed by atoms with van der Waals surface area (Å²) >= 11 is 0. The third-order valence-corrected chi connectivity index (χ3v) is 6.72. The Morgan fingerprint density at radius 2 is 1.76 bits per heavy atom. The lowest BCUT2D eigenvalue weighted by Crippen LogP contribution is -2.50. The number of hydrogen-bond acceptors (Lipinski definition) is 5. The minimum atomic E-state index is -3.83. The van der Waals surface area contributed by atoms with Crippen molar-refractivity contribution in [3.05, 3.63) is 17.9 Å². The SMILES string of the molecule is NC(=O)c1ccc(S(=O)(=O)N2CCN(C(=O)CC3CCCC3)CC2)o1. The third-order valence-electron chi connectivity index (χ3n) is 4.95. The first kappa shape index (κ1) is 17.9. The van der Waals surface area contributed by atoms with Crippen molar-refractivity contribution in [3.8, 4) is 0 Å². The number of primary amides is 1. The number of carbonyl (C=O) groups is 2. The van der Waals surface area contributed by atoms with E-state index in [0.717, 1.165) is 12.8 Å². The van der Waals surface area contributed by atoms with Crippen LogP contribution in [0.25, 0.3) is 0 Å². The molecule has 0 spiro atoms. The Labute approximate surface area is 147 Å². The van der Waals surface area contributed by atoms with Gasteiger partial charge in [-0.2, -0.15) is 4.31 Å². The van der Waals surface area contributed by atoms with E-state index in [1.54, 1.807) is 4.90 Å². The molecule has 0 atom stereocenters. The highest BCUT2D eigenvalue weighted by atomic mass is 32.2. The average molecular weight is 369 g/mol. The quantitative estimate of drug-likeness (QED) is 0.824. The van der Waals surface area contributed by atoms with Crippen LogP contribution in [0.5, 0.6) is 0 Å². The summed E-state index contributed by atoms with van der Waals surface area (Å²) in [6.07, 6.45) is 5.18. The number of nitrogens with two attached hydrogens (primary N) is 1. The van der Waals surface area contributed by atoms with Gasteiger partial charge in [0.05, 0.1) is 0 Å². The van der Waals surface area contributed by atoms with Gasteiger partial charge in [0.1, 0.15) is 0 Å². The lowest BCUT2D eigenvalue weighted by atomic mass is 10.0. The average Bonchev–Trinajstić information content (AvgIpc) is 3.26. The molecule has 0 radical (unpaired) electrons. The van der Waals surface area contributed by atoms with Crippen molar-refractivity contribution in [2.75, 3.05) is 26.2 Å². The van der Waals surface area contributed by atoms with Gasteiger partial charge < -0.3 is 15.1 Å². The van der Waals surface area contributed by atoms with Crippen LogP contribution in [0.15, 0.2) is 21.6 Å². The van der Waals surface area contributed by atoms with Crippen molar-refractivity contribution in [1.82, 2.24) is 9.21 Å². The van der Waals surface area contributed by atoms with E-state index in [-0.39, 0.29) is 29.8 Å². The molecular weight excluding hydrogens is 346 g/mol. The van der Waals surface area contributed by atoms with E-state index in [0.29, 0.717) is 25.4 Å². The van der Waals surface area contributed by atoms with E-state index >= 15 is 0 Å². The summed E-state index contributed by atoms with van der Waals surface area (Å²) < 4.78 is 31.4. The number of amides is 2. The first-order valence-corrected chi connectivity index (χ1v) is 9.99. The molecule has 1 saturated carbocycles. The highest BCUT2D eigenvalue weighted by Crippen LogP contribution is 2.28. The molecule has 1 saturated heterocycles. The minimum absolute atomic E-state index is 0.109. The number of furan rings is 1. The topological polar surface area (TPSA) is 114 Å². The predicted molar refractivity (Wildman–Crippen MR) is 89.1 cm³/mol. The van der Waals surface area contributed by atoms with Crippen LogP contribution in [0.4, 0.5) is 0 Å². The fourth-order valence-electron chi connectivity index (χ4n) is 3.49. The summed E-state index contributed by atoms with van der Waals surface area (Å²) in [4.78, 5) is 25.1. The molecule has 2 heterocycles. The summed E-state index contributed by atoms with van der Waals surface area (Å²) in [6.45, 7) is 1.17. The normalized spacial score (nSPS) is 20.1. The molecule has 2 N–H and O–H groups in total. The smallest absolute Gasteiger partial charge is 0.284 e. The number of carbonyl (C=O) groups excluding carboxylic acids is 2. The molecule has 1 aliphatic heterocycles. The molecule has 138 valence electrons. The second kappa shape index (κ2) is 7.17. The van der Waals surface area contributed by atoms with Gasteiger partial charge in [-0.1, -0.05) is 12.8 Å². The number of nitrogens with zero attached hydrogens (tertiary/aromatic N) is 2. The Morgan fingerprint density at radius 3 is 2.32 bits per heavy atom. The molecule has 1 aromatic heterocycles. The molecule has 25 heavy (non-hydrogen) atoms. The van der Waals surface area contributed by atoms with E-state index in [1.807, 2.05) is 0 Å². The zero-order chi connectivity index (χ0) is 18.0. The number of hydrogen-bond donors (Lipinski definition) is 1. The second-order valence-electron chi connectivity index (χ2n) is 6.62. The van der Waals surface area contributed by atoms with Crippen LogP contribution >= 0.6 is 0 Å². The summed E-state index contributed by atoms with van der Waals surface area (Å²) in [5, 5.41) is -0.299. The Balaban J connectivity index is 1.58. The summed E-state index contributed by atoms with van der Waals surface area (Å²) in [7, 11) is -3.83. The zero-order valence-electron chi connectivity index (χ0n) is 14.0. The standard InChI is InChI=1S/C16H23N3O5S/c17-16(21)13-5-6-15(24-13)25(22,23)19-9-7-18(8-10-19)14(20)11-12-3-1-2-4-12/h5-6,12H,1-4,7-11H2,(H2,17,21). The van der Waals surface area contributed by atoms with Crippen LogP contribution < -0.4 is 5.73 Å². The Bertz CT molecular complexity index is 744. The zero-order valence-corrected chi connectivity index (χ0v) is 14.8. The highest BCUT2D eigenvalue weighted by Gasteiger charge is 2.33. The van der Waals surface area contributed by atoms with E-state index in [2.05, 4.69) is 0 Å². The number of sulfonamides is 1. The van der Waals surface area contributed by atoms with Gasteiger partial charge in [0.25, 0.3) is 15.9 Å². The van der Waals surface area contributed by atoms with Gasteiger partial charge in [-0.25, -0.2) is 8.42 Å². The van der Waals surface area contributed by atoms with E-state index in [4.69, 9.17) is 10.2 Å². The number of piperazine rings is 1. The maximum absolute atomic E-state index is 12.6. The Morgan fingerprint density at radius 1 is 1.12 bits per heavy atom.